The van der Waals surface area contributed by atoms with Gasteiger partial charge in [0.2, 0.25) is 11.8 Å². The van der Waals surface area contributed by atoms with E-state index < -0.39 is 56.1 Å². The Hall–Kier alpha value is -2.89. The summed E-state index contributed by atoms with van der Waals surface area (Å²) in [7, 11) is -3.73. The van der Waals surface area contributed by atoms with Gasteiger partial charge in [-0.15, -0.1) is 0 Å². The van der Waals surface area contributed by atoms with Crippen molar-refractivity contribution in [3.05, 3.63) is 70.8 Å². The van der Waals surface area contributed by atoms with Gasteiger partial charge in [0.25, 0.3) is 0 Å². The average Bonchev–Trinajstić information content (AvgIpc) is 2.87. The van der Waals surface area contributed by atoms with Gasteiger partial charge in [0.15, 0.2) is 9.84 Å². The molecule has 1 unspecified atom stereocenters. The molecule has 2 saturated heterocycles. The maximum atomic E-state index is 15.6. The van der Waals surface area contributed by atoms with Gasteiger partial charge < -0.3 is 20.7 Å². The van der Waals surface area contributed by atoms with Crippen LogP contribution in [0.5, 0.6) is 0 Å². The van der Waals surface area contributed by atoms with Crippen LogP contribution in [-0.4, -0.2) is 62.7 Å². The predicted octanol–water partition coefficient (Wildman–Crippen LogP) is 2.36. The van der Waals surface area contributed by atoms with Gasteiger partial charge in [-0.3, -0.25) is 9.59 Å². The number of carbonyl (C=O) groups excluding carboxylic acids is 2. The number of piperidine rings is 1. The molecule has 2 aliphatic rings. The lowest BCUT2D eigenvalue weighted by Gasteiger charge is -2.42. The molecule has 2 aromatic rings. The molecule has 11 heteroatoms. The third-order valence-corrected chi connectivity index (χ3v) is 10.4. The Balaban J connectivity index is 1.64. The normalized spacial score (nSPS) is 24.6. The number of nitrogens with two attached hydrogens (primary N) is 1. The van der Waals surface area contributed by atoms with Crippen LogP contribution in [0.15, 0.2) is 42.5 Å². The first-order chi connectivity index (χ1) is 17.9. The zero-order chi connectivity index (χ0) is 27.7. The first-order valence-corrected chi connectivity index (χ1v) is 14.2. The maximum absolute atomic E-state index is 15.6. The van der Waals surface area contributed by atoms with Crippen molar-refractivity contribution in [3.63, 3.8) is 0 Å². The topological polar surface area (TPSA) is 119 Å². The SMILES string of the molecule is CC(=O)N1CCC(OCC(N)=O)(c2cc(F)c(CC3[C@H](C)NC[C@@H](c4ccccc4)S3(=O)=O)cc2F)CC1. The zero-order valence-electron chi connectivity index (χ0n) is 21.5. The second-order valence-corrected chi connectivity index (χ2v) is 12.5. The number of amides is 2. The lowest BCUT2D eigenvalue weighted by atomic mass is 9.82. The van der Waals surface area contributed by atoms with Crippen LogP contribution in [0.2, 0.25) is 0 Å². The summed E-state index contributed by atoms with van der Waals surface area (Å²) < 4.78 is 64.0. The van der Waals surface area contributed by atoms with Gasteiger partial charge in [-0.25, -0.2) is 17.2 Å². The number of halogens is 2. The van der Waals surface area contributed by atoms with Crippen LogP contribution in [0.3, 0.4) is 0 Å². The number of nitrogens with zero attached hydrogens (tertiary/aromatic N) is 1. The number of hydrogen-bond acceptors (Lipinski definition) is 6. The number of ether oxygens (including phenoxy) is 1. The van der Waals surface area contributed by atoms with E-state index in [4.69, 9.17) is 10.5 Å². The van der Waals surface area contributed by atoms with Crippen molar-refractivity contribution in [1.82, 2.24) is 10.2 Å². The van der Waals surface area contributed by atoms with Gasteiger partial charge in [0.05, 0.1) is 10.5 Å². The molecule has 0 aliphatic carbocycles. The van der Waals surface area contributed by atoms with E-state index in [9.17, 15) is 18.0 Å². The monoisotopic (exact) mass is 549 g/mol. The minimum atomic E-state index is -3.73. The van der Waals surface area contributed by atoms with Crippen LogP contribution in [0.25, 0.3) is 0 Å². The largest absolute Gasteiger partial charge is 0.368 e. The van der Waals surface area contributed by atoms with Crippen LogP contribution in [0, 0.1) is 11.6 Å². The number of sulfone groups is 1. The lowest BCUT2D eigenvalue weighted by molar-refractivity contribution is -0.144. The first kappa shape index (κ1) is 28.1. The van der Waals surface area contributed by atoms with Crippen molar-refractivity contribution in [1.29, 1.82) is 0 Å². The molecule has 0 radical (unpaired) electrons. The van der Waals surface area contributed by atoms with Gasteiger partial charge in [-0.05, 0) is 49.4 Å². The Morgan fingerprint density at radius 2 is 1.79 bits per heavy atom. The summed E-state index contributed by atoms with van der Waals surface area (Å²) in [6.07, 6.45) is 0.0781. The van der Waals surface area contributed by atoms with Crippen LogP contribution < -0.4 is 11.1 Å². The van der Waals surface area contributed by atoms with Gasteiger partial charge in [-0.2, -0.15) is 0 Å². The number of hydrogen-bond donors (Lipinski definition) is 2. The third kappa shape index (κ3) is 5.60. The Bertz CT molecular complexity index is 1300. The molecule has 4 rings (SSSR count). The molecule has 2 heterocycles. The standard InChI is InChI=1S/C27H33F2N3O5S/c1-17-24(38(35,36)25(15-31-17)19-6-4-3-5-7-19)13-20-12-23(29)21(14-22(20)28)27(37-16-26(30)34)8-10-32(11-9-27)18(2)33/h3-7,12,14,17,24-25,31H,8-11,13,15-16H2,1-2H3,(H2,30,34)/t17-,24?,25-/m0/s1. The van der Waals surface area contributed by atoms with Crippen molar-refractivity contribution in [3.8, 4) is 0 Å². The van der Waals surface area contributed by atoms with E-state index in [-0.39, 0.29) is 55.9 Å². The summed E-state index contributed by atoms with van der Waals surface area (Å²) >= 11 is 0. The van der Waals surface area contributed by atoms with Gasteiger partial charge in [0.1, 0.15) is 23.8 Å². The molecule has 8 nitrogen and oxygen atoms in total. The molecule has 0 bridgehead atoms. The van der Waals surface area contributed by atoms with Gasteiger partial charge >= 0.3 is 0 Å². The number of carbonyl (C=O) groups is 2. The van der Waals surface area contributed by atoms with E-state index in [1.165, 1.54) is 6.92 Å². The fourth-order valence-electron chi connectivity index (χ4n) is 5.50. The number of primary amides is 1. The van der Waals surface area contributed by atoms with Gasteiger partial charge in [0, 0.05) is 38.2 Å². The smallest absolute Gasteiger partial charge is 0.243 e. The predicted molar refractivity (Wildman–Crippen MR) is 138 cm³/mol. The zero-order valence-corrected chi connectivity index (χ0v) is 22.3. The highest BCUT2D eigenvalue weighted by atomic mass is 32.2. The van der Waals surface area contributed by atoms with Crippen molar-refractivity contribution in [2.75, 3.05) is 26.2 Å². The summed E-state index contributed by atoms with van der Waals surface area (Å²) in [6.45, 7) is 3.36. The number of rotatable bonds is 7. The Morgan fingerprint density at radius 1 is 1.13 bits per heavy atom. The number of nitrogens with one attached hydrogen (secondary N) is 1. The second kappa shape index (κ2) is 11.1. The summed E-state index contributed by atoms with van der Waals surface area (Å²) in [5, 5.41) is 1.44. The fourth-order valence-corrected chi connectivity index (χ4v) is 7.86. The molecule has 2 fully saturated rings. The second-order valence-electron chi connectivity index (χ2n) is 10.1. The summed E-state index contributed by atoms with van der Waals surface area (Å²) in [5.41, 5.74) is 4.40. The molecule has 38 heavy (non-hydrogen) atoms. The van der Waals surface area contributed by atoms with Crippen molar-refractivity contribution >= 4 is 21.7 Å². The van der Waals surface area contributed by atoms with Crippen LogP contribution in [0.4, 0.5) is 8.78 Å². The van der Waals surface area contributed by atoms with E-state index in [1.54, 1.807) is 42.2 Å². The highest BCUT2D eigenvalue weighted by Gasteiger charge is 2.44. The quantitative estimate of drug-likeness (QED) is 0.548. The number of likely N-dealkylation sites (tertiary alicyclic amines) is 1. The molecule has 0 spiro atoms. The summed E-state index contributed by atoms with van der Waals surface area (Å²) in [4.78, 5) is 24.8. The molecular weight excluding hydrogens is 516 g/mol. The van der Waals surface area contributed by atoms with E-state index in [0.29, 0.717) is 5.56 Å². The van der Waals surface area contributed by atoms with Crippen LogP contribution in [-0.2, 0) is 36.2 Å². The molecule has 2 aliphatic heterocycles. The summed E-state index contributed by atoms with van der Waals surface area (Å²) in [6, 6.07) is 10.4. The lowest BCUT2D eigenvalue weighted by Crippen LogP contribution is -2.53. The molecule has 0 aromatic heterocycles. The molecule has 2 amide bonds. The molecule has 206 valence electrons. The minimum Gasteiger partial charge on any atom is -0.368 e. The molecule has 3 atom stereocenters. The van der Waals surface area contributed by atoms with Crippen LogP contribution in [0.1, 0.15) is 48.6 Å². The first-order valence-electron chi connectivity index (χ1n) is 12.6. The molecule has 3 N–H and O–H groups in total. The minimum absolute atomic E-state index is 0.0617. The average molecular weight is 550 g/mol. The Morgan fingerprint density at radius 3 is 2.39 bits per heavy atom. The van der Waals surface area contributed by atoms with E-state index in [2.05, 4.69) is 5.32 Å². The Kier molecular flexibility index (Phi) is 8.20. The van der Waals surface area contributed by atoms with Crippen molar-refractivity contribution < 1.29 is 31.5 Å². The maximum Gasteiger partial charge on any atom is 0.243 e. The molecule has 2 aromatic carbocycles. The highest BCUT2D eigenvalue weighted by Crippen LogP contribution is 2.40. The van der Waals surface area contributed by atoms with E-state index in [0.717, 1.165) is 12.1 Å². The molecular formula is C27H33F2N3O5S. The van der Waals surface area contributed by atoms with Crippen LogP contribution >= 0.6 is 0 Å². The van der Waals surface area contributed by atoms with E-state index >= 15 is 8.78 Å². The fraction of sp³-hybridized carbons (Fsp3) is 0.481. The van der Waals surface area contributed by atoms with Gasteiger partial charge in [-0.1, -0.05) is 30.3 Å². The number of benzene rings is 2. The van der Waals surface area contributed by atoms with E-state index in [1.807, 2.05) is 0 Å². The van der Waals surface area contributed by atoms with Crippen molar-refractivity contribution in [2.24, 2.45) is 5.73 Å². The highest BCUT2D eigenvalue weighted by molar-refractivity contribution is 7.92. The third-order valence-electron chi connectivity index (χ3n) is 7.73. The Labute approximate surface area is 221 Å². The molecule has 0 saturated carbocycles. The summed E-state index contributed by atoms with van der Waals surface area (Å²) in [5.74, 6) is -2.44. The van der Waals surface area contributed by atoms with Crippen molar-refractivity contribution in [2.45, 2.75) is 55.3 Å².